The molecule has 3 fully saturated rings. The highest BCUT2D eigenvalue weighted by Gasteiger charge is 2.66. The van der Waals surface area contributed by atoms with Crippen molar-refractivity contribution in [1.29, 1.82) is 0 Å². The van der Waals surface area contributed by atoms with E-state index in [2.05, 4.69) is 0 Å². The van der Waals surface area contributed by atoms with Crippen molar-refractivity contribution in [3.05, 3.63) is 35.4 Å². The van der Waals surface area contributed by atoms with E-state index in [1.807, 2.05) is 0 Å². The molecule has 1 aromatic carbocycles. The minimum absolute atomic E-state index is 0.251. The molecule has 0 aromatic heterocycles. The second-order valence-electron chi connectivity index (χ2n) is 6.55. The van der Waals surface area contributed by atoms with Gasteiger partial charge >= 0.3 is 0 Å². The SMILES string of the molecule is OC(Cc1cccc(F)c1F)C1C2C3CCC(C3)C12. The van der Waals surface area contributed by atoms with Crippen LogP contribution in [0.15, 0.2) is 18.2 Å². The van der Waals surface area contributed by atoms with Crippen LogP contribution in [-0.2, 0) is 6.42 Å². The van der Waals surface area contributed by atoms with E-state index in [0.717, 1.165) is 17.9 Å². The van der Waals surface area contributed by atoms with E-state index in [4.69, 9.17) is 0 Å². The minimum atomic E-state index is -0.819. The van der Waals surface area contributed by atoms with Gasteiger partial charge in [-0.25, -0.2) is 8.78 Å². The first-order valence-corrected chi connectivity index (χ1v) is 7.27. The lowest BCUT2D eigenvalue weighted by atomic mass is 9.95. The van der Waals surface area contributed by atoms with Crippen LogP contribution < -0.4 is 0 Å². The second-order valence-corrected chi connectivity index (χ2v) is 6.55. The molecule has 5 unspecified atom stereocenters. The predicted octanol–water partition coefficient (Wildman–Crippen LogP) is 3.16. The first-order valence-electron chi connectivity index (χ1n) is 7.27. The monoisotopic (exact) mass is 264 g/mol. The van der Waals surface area contributed by atoms with E-state index < -0.39 is 17.7 Å². The lowest BCUT2D eigenvalue weighted by Crippen LogP contribution is -2.19. The molecule has 3 aliphatic rings. The van der Waals surface area contributed by atoms with Gasteiger partial charge in [-0.3, -0.25) is 0 Å². The summed E-state index contributed by atoms with van der Waals surface area (Å²) >= 11 is 0. The number of aliphatic hydroxyl groups is 1. The van der Waals surface area contributed by atoms with Crippen LogP contribution in [0.5, 0.6) is 0 Å². The van der Waals surface area contributed by atoms with E-state index in [0.29, 0.717) is 23.3 Å². The second kappa shape index (κ2) is 4.02. The minimum Gasteiger partial charge on any atom is -0.392 e. The number of halogens is 2. The molecule has 5 atom stereocenters. The molecule has 1 N–H and O–H groups in total. The molecule has 3 saturated carbocycles. The summed E-state index contributed by atoms with van der Waals surface area (Å²) in [5, 5.41) is 10.3. The molecule has 0 amide bonds. The molecule has 19 heavy (non-hydrogen) atoms. The molecule has 0 radical (unpaired) electrons. The average molecular weight is 264 g/mol. The fourth-order valence-electron chi connectivity index (χ4n) is 4.97. The van der Waals surface area contributed by atoms with Gasteiger partial charge in [-0.1, -0.05) is 12.1 Å². The molecule has 1 aromatic rings. The molecule has 3 aliphatic carbocycles. The largest absolute Gasteiger partial charge is 0.392 e. The Bertz CT molecular complexity index is 499. The van der Waals surface area contributed by atoms with E-state index in [9.17, 15) is 13.9 Å². The summed E-state index contributed by atoms with van der Waals surface area (Å²) < 4.78 is 26.8. The number of fused-ring (bicyclic) bond motifs is 5. The standard InChI is InChI=1S/C16H18F2O/c17-11-3-1-2-10(16(11)18)7-12(19)15-13-8-4-5-9(6-8)14(13)15/h1-3,8-9,12-15,19H,4-7H2. The summed E-state index contributed by atoms with van der Waals surface area (Å²) in [5.41, 5.74) is 0.310. The van der Waals surface area contributed by atoms with Gasteiger partial charge in [0, 0.05) is 6.42 Å². The number of rotatable bonds is 3. The number of hydrogen-bond donors (Lipinski definition) is 1. The first kappa shape index (κ1) is 11.8. The quantitative estimate of drug-likeness (QED) is 0.889. The Morgan fingerprint density at radius 3 is 2.53 bits per heavy atom. The Kier molecular flexibility index (Phi) is 2.50. The van der Waals surface area contributed by atoms with Gasteiger partial charge in [0.15, 0.2) is 11.6 Å². The van der Waals surface area contributed by atoms with Crippen molar-refractivity contribution in [2.75, 3.05) is 0 Å². The third-order valence-corrected chi connectivity index (χ3v) is 5.70. The Morgan fingerprint density at radius 2 is 1.84 bits per heavy atom. The third kappa shape index (κ3) is 1.67. The molecule has 1 nitrogen and oxygen atoms in total. The Balaban J connectivity index is 1.48. The van der Waals surface area contributed by atoms with Gasteiger partial charge in [-0.05, 0) is 60.5 Å². The van der Waals surface area contributed by atoms with Crippen LogP contribution in [0.3, 0.4) is 0 Å². The summed E-state index contributed by atoms with van der Waals surface area (Å²) in [6.45, 7) is 0. The van der Waals surface area contributed by atoms with Crippen LogP contribution in [0.1, 0.15) is 24.8 Å². The zero-order valence-corrected chi connectivity index (χ0v) is 10.7. The number of benzene rings is 1. The average Bonchev–Trinajstić information content (AvgIpc) is 2.84. The Labute approximate surface area is 111 Å². The van der Waals surface area contributed by atoms with Crippen LogP contribution >= 0.6 is 0 Å². The molecule has 0 heterocycles. The molecule has 102 valence electrons. The molecule has 0 spiro atoms. The fourth-order valence-corrected chi connectivity index (χ4v) is 4.97. The Morgan fingerprint density at radius 1 is 1.16 bits per heavy atom. The van der Waals surface area contributed by atoms with E-state index in [1.165, 1.54) is 25.3 Å². The van der Waals surface area contributed by atoms with Gasteiger partial charge in [-0.2, -0.15) is 0 Å². The van der Waals surface area contributed by atoms with E-state index in [1.54, 1.807) is 6.07 Å². The van der Waals surface area contributed by atoms with Gasteiger partial charge in [0.25, 0.3) is 0 Å². The van der Waals surface area contributed by atoms with Crippen molar-refractivity contribution in [2.24, 2.45) is 29.6 Å². The summed E-state index contributed by atoms with van der Waals surface area (Å²) in [6, 6.07) is 4.21. The highest BCUT2D eigenvalue weighted by Crippen LogP contribution is 2.70. The van der Waals surface area contributed by atoms with E-state index in [-0.39, 0.29) is 6.42 Å². The maximum atomic E-state index is 13.6. The lowest BCUT2D eigenvalue weighted by molar-refractivity contribution is 0.127. The van der Waals surface area contributed by atoms with Gasteiger partial charge in [0.2, 0.25) is 0 Å². The van der Waals surface area contributed by atoms with Gasteiger partial charge in [-0.15, -0.1) is 0 Å². The maximum Gasteiger partial charge on any atom is 0.162 e. The van der Waals surface area contributed by atoms with Crippen molar-refractivity contribution in [1.82, 2.24) is 0 Å². The molecule has 2 bridgehead atoms. The maximum absolute atomic E-state index is 13.6. The van der Waals surface area contributed by atoms with Crippen molar-refractivity contribution in [3.8, 4) is 0 Å². The summed E-state index contributed by atoms with van der Waals surface area (Å²) in [7, 11) is 0. The normalized spacial score (nSPS) is 40.3. The van der Waals surface area contributed by atoms with Gasteiger partial charge < -0.3 is 5.11 Å². The van der Waals surface area contributed by atoms with E-state index >= 15 is 0 Å². The summed E-state index contributed by atoms with van der Waals surface area (Å²) in [6.07, 6.45) is 3.70. The van der Waals surface area contributed by atoms with Crippen LogP contribution in [-0.4, -0.2) is 11.2 Å². The highest BCUT2D eigenvalue weighted by molar-refractivity contribution is 5.22. The van der Waals surface area contributed by atoms with Crippen LogP contribution in [0, 0.1) is 41.2 Å². The fraction of sp³-hybridized carbons (Fsp3) is 0.625. The molecule has 4 rings (SSSR count). The number of aliphatic hydroxyl groups excluding tert-OH is 1. The van der Waals surface area contributed by atoms with Crippen molar-refractivity contribution >= 4 is 0 Å². The van der Waals surface area contributed by atoms with Gasteiger partial charge in [0.1, 0.15) is 0 Å². The summed E-state index contributed by atoms with van der Waals surface area (Å²) in [5.74, 6) is 1.67. The third-order valence-electron chi connectivity index (χ3n) is 5.70. The topological polar surface area (TPSA) is 20.2 Å². The zero-order valence-electron chi connectivity index (χ0n) is 10.7. The number of hydrogen-bond acceptors (Lipinski definition) is 1. The first-order chi connectivity index (χ1) is 9.16. The molecular weight excluding hydrogens is 246 g/mol. The molecule has 3 heteroatoms. The molecular formula is C16H18F2O. The smallest absolute Gasteiger partial charge is 0.162 e. The highest BCUT2D eigenvalue weighted by atomic mass is 19.2. The summed E-state index contributed by atoms with van der Waals surface area (Å²) in [4.78, 5) is 0. The van der Waals surface area contributed by atoms with Crippen LogP contribution in [0.25, 0.3) is 0 Å². The van der Waals surface area contributed by atoms with Crippen molar-refractivity contribution in [2.45, 2.75) is 31.8 Å². The molecule has 0 aliphatic heterocycles. The Hall–Kier alpha value is -0.960. The van der Waals surface area contributed by atoms with Crippen LogP contribution in [0.4, 0.5) is 8.78 Å². The van der Waals surface area contributed by atoms with Crippen molar-refractivity contribution in [3.63, 3.8) is 0 Å². The molecule has 0 saturated heterocycles. The predicted molar refractivity (Wildman–Crippen MR) is 67.4 cm³/mol. The lowest BCUT2D eigenvalue weighted by Gasteiger charge is -2.15. The van der Waals surface area contributed by atoms with Gasteiger partial charge in [0.05, 0.1) is 6.10 Å². The van der Waals surface area contributed by atoms with Crippen LogP contribution in [0.2, 0.25) is 0 Å². The zero-order chi connectivity index (χ0) is 13.1. The van der Waals surface area contributed by atoms with Crippen molar-refractivity contribution < 1.29 is 13.9 Å².